The second-order valence-electron chi connectivity index (χ2n) is 4.14. The third-order valence-electron chi connectivity index (χ3n) is 3.09. The van der Waals surface area contributed by atoms with Crippen LogP contribution in [0.1, 0.15) is 11.6 Å². The van der Waals surface area contributed by atoms with Crippen molar-refractivity contribution in [2.45, 2.75) is 6.04 Å². The summed E-state index contributed by atoms with van der Waals surface area (Å²) in [6.45, 7) is 3.09. The number of aromatic amines is 1. The number of hydrogen-bond donors (Lipinski definition) is 3. The molecule has 1 saturated heterocycles. The number of piperazine rings is 1. The number of hydrogen-bond acceptors (Lipinski definition) is 2. The van der Waals surface area contributed by atoms with Crippen molar-refractivity contribution >= 4 is 39.2 Å². The monoisotopic (exact) mass is 315 g/mol. The molecular weight excluding hydrogens is 302 g/mol. The van der Waals surface area contributed by atoms with Gasteiger partial charge < -0.3 is 15.6 Å². The van der Waals surface area contributed by atoms with Gasteiger partial charge in [-0.15, -0.1) is 12.4 Å². The van der Waals surface area contributed by atoms with Gasteiger partial charge in [0.25, 0.3) is 0 Å². The number of benzene rings is 1. The van der Waals surface area contributed by atoms with Crippen molar-refractivity contribution in [3.8, 4) is 0 Å². The minimum Gasteiger partial charge on any atom is -0.361 e. The summed E-state index contributed by atoms with van der Waals surface area (Å²) in [5.74, 6) is 0. The number of nitrogens with one attached hydrogen (secondary N) is 3. The van der Waals surface area contributed by atoms with E-state index in [9.17, 15) is 0 Å². The van der Waals surface area contributed by atoms with E-state index in [0.29, 0.717) is 6.04 Å². The SMILES string of the molecule is Brc1ccc2[nH]cc([C@@H]3CNCCN3)c2c1.Cl. The molecule has 1 aromatic carbocycles. The fourth-order valence-corrected chi connectivity index (χ4v) is 2.64. The molecule has 0 aliphatic carbocycles. The van der Waals surface area contributed by atoms with Crippen LogP contribution in [0.15, 0.2) is 28.9 Å². The molecule has 1 fully saturated rings. The highest BCUT2D eigenvalue weighted by Gasteiger charge is 2.17. The Morgan fingerprint density at radius 1 is 1.24 bits per heavy atom. The zero-order valence-corrected chi connectivity index (χ0v) is 11.7. The average molecular weight is 317 g/mol. The van der Waals surface area contributed by atoms with Gasteiger partial charge in [0.2, 0.25) is 0 Å². The third kappa shape index (κ3) is 2.50. The van der Waals surface area contributed by atoms with Crippen molar-refractivity contribution in [1.29, 1.82) is 0 Å². The van der Waals surface area contributed by atoms with Crippen LogP contribution in [0.2, 0.25) is 0 Å². The molecule has 1 aliphatic rings. The Balaban J connectivity index is 0.00000108. The van der Waals surface area contributed by atoms with E-state index in [2.05, 4.69) is 55.9 Å². The maximum absolute atomic E-state index is 3.54. The highest BCUT2D eigenvalue weighted by Crippen LogP contribution is 2.27. The lowest BCUT2D eigenvalue weighted by Gasteiger charge is -2.24. The first-order valence-electron chi connectivity index (χ1n) is 5.55. The van der Waals surface area contributed by atoms with Gasteiger partial charge in [0.15, 0.2) is 0 Å². The van der Waals surface area contributed by atoms with Crippen LogP contribution in [0.3, 0.4) is 0 Å². The molecule has 1 aromatic heterocycles. The molecule has 3 rings (SSSR count). The maximum atomic E-state index is 3.54. The van der Waals surface area contributed by atoms with Gasteiger partial charge in [0, 0.05) is 47.2 Å². The first kappa shape index (κ1) is 12.9. The Morgan fingerprint density at radius 2 is 2.12 bits per heavy atom. The number of fused-ring (bicyclic) bond motifs is 1. The summed E-state index contributed by atoms with van der Waals surface area (Å²) < 4.78 is 1.13. The maximum Gasteiger partial charge on any atom is 0.0468 e. The predicted octanol–water partition coefficient (Wildman–Crippen LogP) is 2.59. The summed E-state index contributed by atoms with van der Waals surface area (Å²) in [5, 5.41) is 8.25. The Hall–Kier alpha value is -0.550. The molecule has 0 unspecified atom stereocenters. The summed E-state index contributed by atoms with van der Waals surface area (Å²) in [6.07, 6.45) is 2.11. The molecule has 2 heterocycles. The van der Waals surface area contributed by atoms with Crippen LogP contribution in [0.4, 0.5) is 0 Å². The van der Waals surface area contributed by atoms with Gasteiger partial charge in [0.1, 0.15) is 0 Å². The highest BCUT2D eigenvalue weighted by atomic mass is 79.9. The smallest absolute Gasteiger partial charge is 0.0468 e. The van der Waals surface area contributed by atoms with E-state index in [1.807, 2.05) is 0 Å². The molecule has 17 heavy (non-hydrogen) atoms. The van der Waals surface area contributed by atoms with Crippen LogP contribution in [-0.4, -0.2) is 24.6 Å². The van der Waals surface area contributed by atoms with Gasteiger partial charge in [0.05, 0.1) is 0 Å². The van der Waals surface area contributed by atoms with E-state index < -0.39 is 0 Å². The summed E-state index contributed by atoms with van der Waals surface area (Å²) in [6, 6.07) is 6.77. The normalized spacial score (nSPS) is 20.2. The van der Waals surface area contributed by atoms with Crippen molar-refractivity contribution in [3.05, 3.63) is 34.4 Å². The second kappa shape index (κ2) is 5.40. The van der Waals surface area contributed by atoms with Crippen molar-refractivity contribution < 1.29 is 0 Å². The van der Waals surface area contributed by atoms with Crippen molar-refractivity contribution in [1.82, 2.24) is 15.6 Å². The Labute approximate surface area is 115 Å². The summed E-state index contributed by atoms with van der Waals surface area (Å²) in [5.41, 5.74) is 2.55. The minimum absolute atomic E-state index is 0. The lowest BCUT2D eigenvalue weighted by atomic mass is 10.0. The second-order valence-corrected chi connectivity index (χ2v) is 5.06. The first-order chi connectivity index (χ1) is 7.84. The number of rotatable bonds is 1. The van der Waals surface area contributed by atoms with Crippen LogP contribution in [0, 0.1) is 0 Å². The van der Waals surface area contributed by atoms with E-state index >= 15 is 0 Å². The molecule has 1 atom stereocenters. The molecule has 1 aliphatic heterocycles. The largest absolute Gasteiger partial charge is 0.361 e. The van der Waals surface area contributed by atoms with Crippen molar-refractivity contribution in [2.24, 2.45) is 0 Å². The van der Waals surface area contributed by atoms with Gasteiger partial charge in [-0.2, -0.15) is 0 Å². The predicted molar refractivity (Wildman–Crippen MR) is 76.9 cm³/mol. The standard InChI is InChI=1S/C12H14BrN3.ClH/c13-8-1-2-11-9(5-8)10(6-16-11)12-7-14-3-4-15-12;/h1-2,5-6,12,14-16H,3-4,7H2;1H/t12-;/m0./s1. The van der Waals surface area contributed by atoms with E-state index in [1.165, 1.54) is 16.5 Å². The molecule has 0 radical (unpaired) electrons. The summed E-state index contributed by atoms with van der Waals surface area (Å²) in [4.78, 5) is 3.32. The number of H-pyrrole nitrogens is 1. The fraction of sp³-hybridized carbons (Fsp3) is 0.333. The lowest BCUT2D eigenvalue weighted by Crippen LogP contribution is -2.42. The molecule has 92 valence electrons. The van der Waals surface area contributed by atoms with Crippen molar-refractivity contribution in [3.63, 3.8) is 0 Å². The number of halogens is 2. The molecule has 3 nitrogen and oxygen atoms in total. The average Bonchev–Trinajstić information content (AvgIpc) is 2.73. The minimum atomic E-state index is 0. The number of aromatic nitrogens is 1. The Bertz CT molecular complexity index is 505. The molecule has 0 spiro atoms. The molecule has 0 amide bonds. The lowest BCUT2D eigenvalue weighted by molar-refractivity contribution is 0.432. The van der Waals surface area contributed by atoms with Crippen LogP contribution in [0.25, 0.3) is 10.9 Å². The third-order valence-corrected chi connectivity index (χ3v) is 3.59. The topological polar surface area (TPSA) is 39.9 Å². The zero-order chi connectivity index (χ0) is 11.0. The Kier molecular flexibility index (Phi) is 4.09. The van der Waals surface area contributed by atoms with Crippen LogP contribution in [-0.2, 0) is 0 Å². The molecule has 0 saturated carbocycles. The van der Waals surface area contributed by atoms with Crippen LogP contribution < -0.4 is 10.6 Å². The highest BCUT2D eigenvalue weighted by molar-refractivity contribution is 9.10. The van der Waals surface area contributed by atoms with Gasteiger partial charge in [-0.1, -0.05) is 15.9 Å². The fourth-order valence-electron chi connectivity index (χ4n) is 2.28. The van der Waals surface area contributed by atoms with Gasteiger partial charge in [-0.3, -0.25) is 0 Å². The van der Waals surface area contributed by atoms with Gasteiger partial charge >= 0.3 is 0 Å². The van der Waals surface area contributed by atoms with E-state index in [-0.39, 0.29) is 12.4 Å². The zero-order valence-electron chi connectivity index (χ0n) is 9.29. The summed E-state index contributed by atoms with van der Waals surface area (Å²) >= 11 is 3.53. The summed E-state index contributed by atoms with van der Waals surface area (Å²) in [7, 11) is 0. The molecule has 0 bridgehead atoms. The van der Waals surface area contributed by atoms with E-state index in [4.69, 9.17) is 0 Å². The molecule has 2 aromatic rings. The van der Waals surface area contributed by atoms with Crippen molar-refractivity contribution in [2.75, 3.05) is 19.6 Å². The van der Waals surface area contributed by atoms with E-state index in [1.54, 1.807) is 0 Å². The Morgan fingerprint density at radius 3 is 2.88 bits per heavy atom. The molecular formula is C12H15BrClN3. The quantitative estimate of drug-likeness (QED) is 0.757. The molecule has 5 heteroatoms. The van der Waals surface area contributed by atoms with E-state index in [0.717, 1.165) is 24.1 Å². The van der Waals surface area contributed by atoms with Crippen LogP contribution >= 0.6 is 28.3 Å². The van der Waals surface area contributed by atoms with Crippen LogP contribution in [0.5, 0.6) is 0 Å². The molecule has 3 N–H and O–H groups in total. The first-order valence-corrected chi connectivity index (χ1v) is 6.34. The van der Waals surface area contributed by atoms with Gasteiger partial charge in [-0.25, -0.2) is 0 Å². The van der Waals surface area contributed by atoms with Gasteiger partial charge in [-0.05, 0) is 23.8 Å².